The van der Waals surface area contributed by atoms with Crippen molar-refractivity contribution in [3.63, 3.8) is 0 Å². The predicted molar refractivity (Wildman–Crippen MR) is 93.0 cm³/mol. The Hall–Kier alpha value is -3.21. The Morgan fingerprint density at radius 2 is 1.79 bits per heavy atom. The second-order valence-corrected chi connectivity index (χ2v) is 4.92. The zero-order valence-corrected chi connectivity index (χ0v) is 13.0. The fraction of sp³-hybridized carbons (Fsp3) is 0.0526. The van der Waals surface area contributed by atoms with Crippen molar-refractivity contribution < 1.29 is 14.0 Å². The molecule has 0 aromatic heterocycles. The van der Waals surface area contributed by atoms with Crippen LogP contribution in [-0.4, -0.2) is 18.4 Å². The molecule has 0 radical (unpaired) electrons. The smallest absolute Gasteiger partial charge is 0.253 e. The van der Waals surface area contributed by atoms with Crippen LogP contribution in [0.4, 0.5) is 10.1 Å². The highest BCUT2D eigenvalue weighted by atomic mass is 19.1. The monoisotopic (exact) mass is 324 g/mol. The molecule has 2 aromatic rings. The van der Waals surface area contributed by atoms with E-state index in [2.05, 4.69) is 17.2 Å². The number of amides is 2. The van der Waals surface area contributed by atoms with Gasteiger partial charge < -0.3 is 10.6 Å². The van der Waals surface area contributed by atoms with Crippen LogP contribution in [0.25, 0.3) is 6.08 Å². The zero-order valence-electron chi connectivity index (χ0n) is 13.0. The van der Waals surface area contributed by atoms with Crippen molar-refractivity contribution in [2.45, 2.75) is 0 Å². The van der Waals surface area contributed by atoms with Gasteiger partial charge >= 0.3 is 0 Å². The third-order valence-electron chi connectivity index (χ3n) is 3.13. The lowest BCUT2D eigenvalue weighted by molar-refractivity contribution is -0.111. The summed E-state index contributed by atoms with van der Waals surface area (Å²) >= 11 is 0. The van der Waals surface area contributed by atoms with Crippen LogP contribution in [0.15, 0.2) is 67.3 Å². The quantitative estimate of drug-likeness (QED) is 0.632. The van der Waals surface area contributed by atoms with Gasteiger partial charge in [0.15, 0.2) is 0 Å². The topological polar surface area (TPSA) is 58.2 Å². The van der Waals surface area contributed by atoms with Gasteiger partial charge in [0.05, 0.1) is 11.3 Å². The van der Waals surface area contributed by atoms with E-state index in [0.717, 1.165) is 0 Å². The van der Waals surface area contributed by atoms with Gasteiger partial charge in [-0.25, -0.2) is 4.39 Å². The maximum Gasteiger partial charge on any atom is 0.253 e. The summed E-state index contributed by atoms with van der Waals surface area (Å²) in [6.07, 6.45) is 4.46. The summed E-state index contributed by atoms with van der Waals surface area (Å²) in [5, 5.41) is 5.33. The number of carbonyl (C=O) groups is 2. The molecule has 0 aliphatic carbocycles. The molecule has 0 bridgehead atoms. The second-order valence-electron chi connectivity index (χ2n) is 4.92. The van der Waals surface area contributed by atoms with Crippen molar-refractivity contribution in [3.05, 3.63) is 84.2 Å². The lowest BCUT2D eigenvalue weighted by atomic mass is 10.1. The van der Waals surface area contributed by atoms with Crippen LogP contribution in [-0.2, 0) is 4.79 Å². The summed E-state index contributed by atoms with van der Waals surface area (Å²) in [7, 11) is 0. The lowest BCUT2D eigenvalue weighted by Crippen LogP contribution is -2.24. The Morgan fingerprint density at radius 3 is 2.50 bits per heavy atom. The van der Waals surface area contributed by atoms with Crippen molar-refractivity contribution in [3.8, 4) is 0 Å². The number of nitrogens with one attached hydrogen (secondary N) is 2. The molecule has 2 N–H and O–H groups in total. The van der Waals surface area contributed by atoms with Gasteiger partial charge in [0.2, 0.25) is 5.91 Å². The van der Waals surface area contributed by atoms with Gasteiger partial charge in [-0.1, -0.05) is 30.3 Å². The van der Waals surface area contributed by atoms with E-state index in [1.54, 1.807) is 48.6 Å². The SMILES string of the molecule is C=CCNC(=O)c1ccccc1NC(=O)/C=C/c1ccc(F)cc1. The largest absolute Gasteiger partial charge is 0.349 e. The summed E-state index contributed by atoms with van der Waals surface area (Å²) in [5.41, 5.74) is 1.47. The minimum Gasteiger partial charge on any atom is -0.349 e. The highest BCUT2D eigenvalue weighted by Crippen LogP contribution is 2.15. The number of halogens is 1. The molecular formula is C19H17FN2O2. The maximum absolute atomic E-state index is 12.8. The van der Waals surface area contributed by atoms with Crippen molar-refractivity contribution in [1.82, 2.24) is 5.32 Å². The molecule has 0 aliphatic rings. The summed E-state index contributed by atoms with van der Waals surface area (Å²) in [6, 6.07) is 12.5. The van der Waals surface area contributed by atoms with Crippen LogP contribution >= 0.6 is 0 Å². The molecule has 0 fully saturated rings. The molecule has 0 atom stereocenters. The fourth-order valence-electron chi connectivity index (χ4n) is 1.97. The van der Waals surface area contributed by atoms with Gasteiger partial charge in [-0.3, -0.25) is 9.59 Å². The molecule has 0 unspecified atom stereocenters. The van der Waals surface area contributed by atoms with E-state index < -0.39 is 0 Å². The maximum atomic E-state index is 12.8. The third-order valence-corrected chi connectivity index (χ3v) is 3.13. The van der Waals surface area contributed by atoms with Gasteiger partial charge in [-0.05, 0) is 35.9 Å². The molecule has 122 valence electrons. The Balaban J connectivity index is 2.07. The first-order valence-electron chi connectivity index (χ1n) is 7.33. The van der Waals surface area contributed by atoms with Crippen molar-refractivity contribution >= 4 is 23.6 Å². The first-order chi connectivity index (χ1) is 11.6. The minimum absolute atomic E-state index is 0.298. The second kappa shape index (κ2) is 8.43. The molecule has 0 heterocycles. The summed E-state index contributed by atoms with van der Waals surface area (Å²) in [5.74, 6) is -1.02. The molecule has 0 spiro atoms. The van der Waals surface area contributed by atoms with Crippen LogP contribution in [0, 0.1) is 5.82 Å². The molecule has 2 aromatic carbocycles. The standard InChI is InChI=1S/C19H17FN2O2/c1-2-13-21-19(24)16-5-3-4-6-17(16)22-18(23)12-9-14-7-10-15(20)11-8-14/h2-12H,1,13H2,(H,21,24)(H,22,23)/b12-9+. The van der Waals surface area contributed by atoms with Crippen LogP contribution in [0.1, 0.15) is 15.9 Å². The van der Waals surface area contributed by atoms with Gasteiger partial charge in [0, 0.05) is 12.6 Å². The molecule has 4 nitrogen and oxygen atoms in total. The van der Waals surface area contributed by atoms with E-state index in [0.29, 0.717) is 23.4 Å². The van der Waals surface area contributed by atoms with E-state index in [9.17, 15) is 14.0 Å². The van der Waals surface area contributed by atoms with Crippen LogP contribution in [0.2, 0.25) is 0 Å². The van der Waals surface area contributed by atoms with E-state index in [1.807, 2.05) is 0 Å². The summed E-state index contributed by atoms with van der Waals surface area (Å²) in [4.78, 5) is 24.1. The Kier molecular flexibility index (Phi) is 6.02. The van der Waals surface area contributed by atoms with E-state index in [4.69, 9.17) is 0 Å². The Bertz CT molecular complexity index is 767. The highest BCUT2D eigenvalue weighted by molar-refractivity contribution is 6.07. The first-order valence-corrected chi connectivity index (χ1v) is 7.33. The minimum atomic E-state index is -0.386. The highest BCUT2D eigenvalue weighted by Gasteiger charge is 2.11. The molecule has 2 amide bonds. The molecule has 24 heavy (non-hydrogen) atoms. The normalized spacial score (nSPS) is 10.4. The van der Waals surface area contributed by atoms with Gasteiger partial charge in [-0.15, -0.1) is 6.58 Å². The lowest BCUT2D eigenvalue weighted by Gasteiger charge is -2.09. The van der Waals surface area contributed by atoms with Crippen molar-refractivity contribution in [1.29, 1.82) is 0 Å². The van der Waals surface area contributed by atoms with Crippen molar-refractivity contribution in [2.75, 3.05) is 11.9 Å². The number of carbonyl (C=O) groups excluding carboxylic acids is 2. The molecule has 0 saturated heterocycles. The fourth-order valence-corrected chi connectivity index (χ4v) is 1.97. The zero-order chi connectivity index (χ0) is 17.4. The Labute approximate surface area is 139 Å². The van der Waals surface area contributed by atoms with Crippen LogP contribution < -0.4 is 10.6 Å². The van der Waals surface area contributed by atoms with Crippen molar-refractivity contribution in [2.24, 2.45) is 0 Å². The number of hydrogen-bond acceptors (Lipinski definition) is 2. The van der Waals surface area contributed by atoms with E-state index in [1.165, 1.54) is 18.2 Å². The van der Waals surface area contributed by atoms with Gasteiger partial charge in [-0.2, -0.15) is 0 Å². The van der Waals surface area contributed by atoms with Gasteiger partial charge in [0.1, 0.15) is 5.82 Å². The predicted octanol–water partition coefficient (Wildman–Crippen LogP) is 3.39. The first kappa shape index (κ1) is 17.1. The molecule has 5 heteroatoms. The summed E-state index contributed by atoms with van der Waals surface area (Å²) < 4.78 is 12.8. The number of anilines is 1. The number of rotatable bonds is 6. The summed E-state index contributed by atoms with van der Waals surface area (Å²) in [6.45, 7) is 3.88. The number of benzene rings is 2. The number of hydrogen-bond donors (Lipinski definition) is 2. The van der Waals surface area contributed by atoms with Gasteiger partial charge in [0.25, 0.3) is 5.91 Å². The molecular weight excluding hydrogens is 307 g/mol. The molecule has 0 saturated carbocycles. The van der Waals surface area contributed by atoms with E-state index >= 15 is 0 Å². The molecule has 2 rings (SSSR count). The van der Waals surface area contributed by atoms with Crippen LogP contribution in [0.5, 0.6) is 0 Å². The van der Waals surface area contributed by atoms with Crippen LogP contribution in [0.3, 0.4) is 0 Å². The van der Waals surface area contributed by atoms with E-state index in [-0.39, 0.29) is 17.6 Å². The number of para-hydroxylation sites is 1. The third kappa shape index (κ3) is 4.91. The average Bonchev–Trinajstić information content (AvgIpc) is 2.59. The average molecular weight is 324 g/mol. The molecule has 0 aliphatic heterocycles. The Morgan fingerprint density at radius 1 is 1.08 bits per heavy atom.